The molecular weight excluding hydrogens is 370 g/mol. The average molecular weight is 391 g/mol. The first-order chi connectivity index (χ1) is 14.1. The molecule has 0 spiro atoms. The highest BCUT2D eigenvalue weighted by molar-refractivity contribution is 6.32. The number of hydrogen-bond donors (Lipinski definition) is 5. The minimum Gasteiger partial charge on any atom is -0.506 e. The number of carbonyl (C=O) groups is 2. The number of nitrogens with one attached hydrogen (secondary N) is 3. The zero-order valence-corrected chi connectivity index (χ0v) is 15.7. The van der Waals surface area contributed by atoms with Crippen molar-refractivity contribution in [3.63, 3.8) is 0 Å². The van der Waals surface area contributed by atoms with Crippen LogP contribution < -0.4 is 10.6 Å². The molecule has 2 heterocycles. The van der Waals surface area contributed by atoms with Gasteiger partial charge in [-0.05, 0) is 31.5 Å². The Balaban J connectivity index is 1.58. The third-order valence-electron chi connectivity index (χ3n) is 5.95. The van der Waals surface area contributed by atoms with E-state index in [4.69, 9.17) is 0 Å². The molecule has 1 aliphatic carbocycles. The summed E-state index contributed by atoms with van der Waals surface area (Å²) >= 11 is 0. The van der Waals surface area contributed by atoms with Crippen LogP contribution in [-0.2, 0) is 6.54 Å². The van der Waals surface area contributed by atoms with Crippen LogP contribution in [-0.4, -0.2) is 45.9 Å². The fourth-order valence-electron chi connectivity index (χ4n) is 4.42. The molecule has 0 atom stereocenters. The van der Waals surface area contributed by atoms with Crippen LogP contribution in [0, 0.1) is 0 Å². The first kappa shape index (κ1) is 17.9. The third kappa shape index (κ3) is 2.66. The number of H-pyrrole nitrogens is 1. The maximum absolute atomic E-state index is 13.3. The van der Waals surface area contributed by atoms with Crippen LogP contribution >= 0.6 is 0 Å². The number of rotatable bonds is 3. The van der Waals surface area contributed by atoms with E-state index in [0.717, 1.165) is 25.9 Å². The summed E-state index contributed by atoms with van der Waals surface area (Å²) in [6, 6.07) is 6.99. The van der Waals surface area contributed by atoms with Gasteiger partial charge < -0.3 is 25.8 Å². The van der Waals surface area contributed by atoms with Crippen LogP contribution in [0.25, 0.3) is 10.8 Å². The van der Waals surface area contributed by atoms with E-state index in [1.807, 2.05) is 0 Å². The molecule has 0 unspecified atom stereocenters. The lowest BCUT2D eigenvalue weighted by molar-refractivity contribution is 0.0972. The molecule has 0 bridgehead atoms. The van der Waals surface area contributed by atoms with E-state index in [9.17, 15) is 19.8 Å². The highest BCUT2D eigenvalue weighted by Gasteiger charge is 2.38. The van der Waals surface area contributed by atoms with Crippen LogP contribution in [0.1, 0.15) is 50.4 Å². The summed E-state index contributed by atoms with van der Waals surface area (Å²) in [5.74, 6) is -1.48. The number of phenols is 2. The first-order valence-corrected chi connectivity index (χ1v) is 9.78. The molecule has 1 fully saturated rings. The summed E-state index contributed by atoms with van der Waals surface area (Å²) in [6.07, 6.45) is 3.67. The second-order valence-corrected chi connectivity index (χ2v) is 7.62. The van der Waals surface area contributed by atoms with Crippen LogP contribution in [0.15, 0.2) is 30.5 Å². The average Bonchev–Trinajstić information content (AvgIpc) is 3.18. The van der Waals surface area contributed by atoms with Gasteiger partial charge in [-0.3, -0.25) is 9.59 Å². The molecule has 1 saturated heterocycles. The third-order valence-corrected chi connectivity index (χ3v) is 5.95. The van der Waals surface area contributed by atoms with E-state index in [1.165, 1.54) is 0 Å². The molecule has 3 aromatic rings. The molecule has 0 amide bonds. The lowest BCUT2D eigenvalue weighted by atomic mass is 9.83. The second kappa shape index (κ2) is 6.72. The van der Waals surface area contributed by atoms with Crippen molar-refractivity contribution in [2.75, 3.05) is 13.1 Å². The Morgan fingerprint density at radius 3 is 2.21 bits per heavy atom. The van der Waals surface area contributed by atoms with Gasteiger partial charge in [-0.25, -0.2) is 0 Å². The highest BCUT2D eigenvalue weighted by Crippen LogP contribution is 2.44. The molecule has 148 valence electrons. The number of benzene rings is 2. The monoisotopic (exact) mass is 391 g/mol. The molecule has 5 N–H and O–H groups in total. The minimum atomic E-state index is -0.485. The number of carbonyl (C=O) groups excluding carboxylic acids is 2. The van der Waals surface area contributed by atoms with Crippen molar-refractivity contribution in [1.29, 1.82) is 0 Å². The number of piperidine rings is 1. The van der Waals surface area contributed by atoms with Crippen LogP contribution in [0.3, 0.4) is 0 Å². The number of aromatic hydroxyl groups is 2. The van der Waals surface area contributed by atoms with Crippen LogP contribution in [0.2, 0.25) is 0 Å². The molecule has 5 rings (SSSR count). The minimum absolute atomic E-state index is 0.124. The van der Waals surface area contributed by atoms with E-state index in [-0.39, 0.29) is 33.9 Å². The van der Waals surface area contributed by atoms with Crippen molar-refractivity contribution >= 4 is 22.3 Å². The smallest absolute Gasteiger partial charge is 0.214 e. The predicted octanol–water partition coefficient (Wildman–Crippen LogP) is 2.20. The van der Waals surface area contributed by atoms with E-state index in [2.05, 4.69) is 15.6 Å². The number of ketones is 2. The van der Waals surface area contributed by atoms with Gasteiger partial charge in [-0.15, -0.1) is 0 Å². The number of phenolic OH excluding ortho intramolecular Hbond substituents is 2. The van der Waals surface area contributed by atoms with Crippen molar-refractivity contribution in [1.82, 2.24) is 15.6 Å². The van der Waals surface area contributed by atoms with E-state index >= 15 is 0 Å². The molecular formula is C22H21N3O4. The van der Waals surface area contributed by atoms with Crippen molar-refractivity contribution in [2.24, 2.45) is 0 Å². The summed E-state index contributed by atoms with van der Waals surface area (Å²) in [5, 5.41) is 28.9. The predicted molar refractivity (Wildman–Crippen MR) is 108 cm³/mol. The maximum Gasteiger partial charge on any atom is 0.214 e. The SMILES string of the molecule is O=C1c2[nH]cc(CNC3CCNCC3)c2C(=O)c2c1c(O)c1ccccc1c2O. The zero-order chi connectivity index (χ0) is 20.1. The molecule has 0 radical (unpaired) electrons. The molecule has 29 heavy (non-hydrogen) atoms. The summed E-state index contributed by atoms with van der Waals surface area (Å²) in [4.78, 5) is 29.3. The molecule has 1 aromatic heterocycles. The Morgan fingerprint density at radius 2 is 1.55 bits per heavy atom. The van der Waals surface area contributed by atoms with Crippen LogP contribution in [0.4, 0.5) is 0 Å². The Morgan fingerprint density at radius 1 is 0.931 bits per heavy atom. The van der Waals surface area contributed by atoms with Gasteiger partial charge in [0.05, 0.1) is 22.4 Å². The lowest BCUT2D eigenvalue weighted by Crippen LogP contribution is -2.39. The van der Waals surface area contributed by atoms with Gasteiger partial charge in [0.15, 0.2) is 5.78 Å². The van der Waals surface area contributed by atoms with Crippen molar-refractivity contribution in [3.8, 4) is 11.5 Å². The summed E-state index contributed by atoms with van der Waals surface area (Å²) < 4.78 is 0. The zero-order valence-electron chi connectivity index (χ0n) is 15.7. The van der Waals surface area contributed by atoms with Gasteiger partial charge in [0.1, 0.15) is 11.5 Å². The van der Waals surface area contributed by atoms with E-state index in [1.54, 1.807) is 30.5 Å². The summed E-state index contributed by atoms with van der Waals surface area (Å²) in [5.41, 5.74) is 0.859. The lowest BCUT2D eigenvalue weighted by Gasteiger charge is -2.24. The van der Waals surface area contributed by atoms with Crippen molar-refractivity contribution in [2.45, 2.75) is 25.4 Å². The van der Waals surface area contributed by atoms with Gasteiger partial charge in [0, 0.05) is 29.6 Å². The topological polar surface area (TPSA) is 114 Å². The van der Waals surface area contributed by atoms with E-state index < -0.39 is 11.6 Å². The summed E-state index contributed by atoms with van der Waals surface area (Å²) in [7, 11) is 0. The molecule has 0 saturated carbocycles. The standard InChI is InChI=1S/C22H21N3O4/c26-19-13-3-1-2-4-14(13)20(27)17-16(19)21(28)15-11(10-25-18(15)22(17)29)9-24-12-5-7-23-8-6-12/h1-4,10,12,23-27H,5-9H2. The summed E-state index contributed by atoms with van der Waals surface area (Å²) in [6.45, 7) is 2.35. The van der Waals surface area contributed by atoms with Gasteiger partial charge in [0.25, 0.3) is 0 Å². The number of hydrogen-bond acceptors (Lipinski definition) is 6. The van der Waals surface area contributed by atoms with Crippen LogP contribution in [0.5, 0.6) is 11.5 Å². The Labute approximate surface area is 166 Å². The normalized spacial score (nSPS) is 16.8. The number of aromatic nitrogens is 1. The largest absolute Gasteiger partial charge is 0.506 e. The molecule has 2 aliphatic rings. The molecule has 7 heteroatoms. The van der Waals surface area contributed by atoms with Gasteiger partial charge in [-0.2, -0.15) is 0 Å². The molecule has 2 aromatic carbocycles. The fourth-order valence-corrected chi connectivity index (χ4v) is 4.42. The molecule has 7 nitrogen and oxygen atoms in total. The van der Waals surface area contributed by atoms with Gasteiger partial charge in [0.2, 0.25) is 5.78 Å². The van der Waals surface area contributed by atoms with Crippen molar-refractivity contribution < 1.29 is 19.8 Å². The number of fused-ring (bicyclic) bond motifs is 3. The first-order valence-electron chi connectivity index (χ1n) is 9.78. The van der Waals surface area contributed by atoms with Crippen molar-refractivity contribution in [3.05, 3.63) is 58.4 Å². The Kier molecular flexibility index (Phi) is 4.15. The van der Waals surface area contributed by atoms with Gasteiger partial charge in [-0.1, -0.05) is 24.3 Å². The quantitative estimate of drug-likeness (QED) is 0.342. The molecule has 1 aliphatic heterocycles. The van der Waals surface area contributed by atoms with Gasteiger partial charge >= 0.3 is 0 Å². The Hall–Kier alpha value is -3.16. The highest BCUT2D eigenvalue weighted by atomic mass is 16.3. The Bertz CT molecular complexity index is 1160. The van der Waals surface area contributed by atoms with E-state index in [0.29, 0.717) is 28.9 Å². The number of aromatic amines is 1. The fraction of sp³-hybridized carbons (Fsp3) is 0.273. The second-order valence-electron chi connectivity index (χ2n) is 7.62. The maximum atomic E-state index is 13.3.